The quantitative estimate of drug-likeness (QED) is 0.472. The van der Waals surface area contributed by atoms with E-state index in [1.165, 1.54) is 26.6 Å². The molecule has 0 N–H and O–H groups in total. The second kappa shape index (κ2) is 4.13. The molecule has 0 aromatic heterocycles. The van der Waals surface area contributed by atoms with Crippen molar-refractivity contribution in [3.63, 3.8) is 0 Å². The summed E-state index contributed by atoms with van der Waals surface area (Å²) in [6.45, 7) is 0.292. The van der Waals surface area contributed by atoms with Gasteiger partial charge < -0.3 is 14.2 Å². The Labute approximate surface area is 81.6 Å². The molecule has 0 spiro atoms. The first-order chi connectivity index (χ1) is 6.67. The average molecular weight is 200 g/mol. The molecule has 5 nitrogen and oxygen atoms in total. The molecule has 0 bridgehead atoms. The van der Waals surface area contributed by atoms with Crippen molar-refractivity contribution in [1.29, 1.82) is 0 Å². The van der Waals surface area contributed by atoms with Gasteiger partial charge in [-0.1, -0.05) is 0 Å². The van der Waals surface area contributed by atoms with Gasteiger partial charge in [-0.3, -0.25) is 9.59 Å². The third kappa shape index (κ3) is 1.57. The van der Waals surface area contributed by atoms with Crippen LogP contribution in [0.25, 0.3) is 0 Å². The molecule has 0 radical (unpaired) electrons. The van der Waals surface area contributed by atoms with Crippen LogP contribution in [-0.2, 0) is 23.8 Å². The Morgan fingerprint density at radius 3 is 2.21 bits per heavy atom. The Kier molecular flexibility index (Phi) is 3.11. The minimum absolute atomic E-state index is 0.239. The third-order valence-electron chi connectivity index (χ3n) is 2.16. The Hall–Kier alpha value is -1.52. The molecule has 14 heavy (non-hydrogen) atoms. The minimum Gasteiger partial charge on any atom is -0.501 e. The molecule has 0 unspecified atom stereocenters. The van der Waals surface area contributed by atoms with Gasteiger partial charge in [-0.15, -0.1) is 0 Å². The molecule has 1 rings (SSSR count). The summed E-state index contributed by atoms with van der Waals surface area (Å²) in [7, 11) is 2.46. The highest BCUT2D eigenvalue weighted by Crippen LogP contribution is 2.30. The van der Waals surface area contributed by atoms with Crippen molar-refractivity contribution in [2.45, 2.75) is 6.42 Å². The molecule has 0 saturated heterocycles. The highest BCUT2D eigenvalue weighted by atomic mass is 16.5. The van der Waals surface area contributed by atoms with Crippen LogP contribution in [0.2, 0.25) is 0 Å². The van der Waals surface area contributed by atoms with Gasteiger partial charge in [0.15, 0.2) is 5.41 Å². The second-order valence-electron chi connectivity index (χ2n) is 2.88. The van der Waals surface area contributed by atoms with Crippen LogP contribution in [0.5, 0.6) is 0 Å². The van der Waals surface area contributed by atoms with Gasteiger partial charge in [0.05, 0.1) is 27.1 Å². The van der Waals surface area contributed by atoms with Crippen LogP contribution in [-0.4, -0.2) is 32.8 Å². The standard InChI is InChI=1S/C9H12O5/c1-12-7(10)9(8(11)13-2)3-5-14-6-4-9/h3,5H,4,6H2,1-2H3. The molecular formula is C9H12O5. The number of ether oxygens (including phenoxy) is 3. The molecule has 0 aromatic carbocycles. The van der Waals surface area contributed by atoms with E-state index in [2.05, 4.69) is 9.47 Å². The zero-order valence-corrected chi connectivity index (χ0v) is 8.11. The zero-order chi connectivity index (χ0) is 10.6. The lowest BCUT2D eigenvalue weighted by Crippen LogP contribution is -2.41. The van der Waals surface area contributed by atoms with Crippen LogP contribution in [0.1, 0.15) is 6.42 Å². The Bertz CT molecular complexity index is 252. The number of methoxy groups -OCH3 is 2. The highest BCUT2D eigenvalue weighted by molar-refractivity contribution is 6.02. The van der Waals surface area contributed by atoms with Crippen molar-refractivity contribution in [1.82, 2.24) is 0 Å². The van der Waals surface area contributed by atoms with Crippen LogP contribution in [0, 0.1) is 5.41 Å². The summed E-state index contributed by atoms with van der Waals surface area (Å²) in [5, 5.41) is 0. The van der Waals surface area contributed by atoms with Gasteiger partial charge >= 0.3 is 11.9 Å². The van der Waals surface area contributed by atoms with Crippen molar-refractivity contribution >= 4 is 11.9 Å². The number of rotatable bonds is 2. The van der Waals surface area contributed by atoms with E-state index in [0.717, 1.165) is 0 Å². The largest absolute Gasteiger partial charge is 0.501 e. The Morgan fingerprint density at radius 1 is 1.29 bits per heavy atom. The summed E-state index contributed by atoms with van der Waals surface area (Å²) >= 11 is 0. The van der Waals surface area contributed by atoms with Crippen LogP contribution >= 0.6 is 0 Å². The fourth-order valence-corrected chi connectivity index (χ4v) is 1.32. The summed E-state index contributed by atoms with van der Waals surface area (Å²) in [6, 6.07) is 0. The molecule has 1 aliphatic rings. The summed E-state index contributed by atoms with van der Waals surface area (Å²) in [5.74, 6) is -1.24. The van der Waals surface area contributed by atoms with E-state index in [0.29, 0.717) is 6.61 Å². The van der Waals surface area contributed by atoms with E-state index in [-0.39, 0.29) is 6.42 Å². The molecule has 0 fully saturated rings. The molecular weight excluding hydrogens is 188 g/mol. The lowest BCUT2D eigenvalue weighted by Gasteiger charge is -2.26. The number of hydrogen-bond donors (Lipinski definition) is 0. The van der Waals surface area contributed by atoms with Crippen molar-refractivity contribution in [3.05, 3.63) is 12.3 Å². The molecule has 0 atom stereocenters. The summed E-state index contributed by atoms with van der Waals surface area (Å²) in [4.78, 5) is 22.9. The maximum absolute atomic E-state index is 11.5. The predicted octanol–water partition coefficient (Wildman–Crippen LogP) is 0.253. The summed E-state index contributed by atoms with van der Waals surface area (Å²) in [6.07, 6.45) is 2.92. The first-order valence-electron chi connectivity index (χ1n) is 4.13. The second-order valence-corrected chi connectivity index (χ2v) is 2.88. The molecule has 0 aliphatic carbocycles. The SMILES string of the molecule is COC(=O)C1(C(=O)OC)C=COCC1. The van der Waals surface area contributed by atoms with E-state index >= 15 is 0 Å². The van der Waals surface area contributed by atoms with Gasteiger partial charge in [-0.25, -0.2) is 0 Å². The molecule has 78 valence electrons. The molecule has 0 aromatic rings. The molecule has 1 heterocycles. The fourth-order valence-electron chi connectivity index (χ4n) is 1.32. The summed E-state index contributed by atoms with van der Waals surface area (Å²) < 4.78 is 14.1. The molecule has 1 aliphatic heterocycles. The minimum atomic E-state index is -1.33. The van der Waals surface area contributed by atoms with Crippen LogP contribution in [0.15, 0.2) is 12.3 Å². The van der Waals surface area contributed by atoms with Gasteiger partial charge in [0.1, 0.15) is 0 Å². The number of carbonyl (C=O) groups is 2. The van der Waals surface area contributed by atoms with E-state index in [9.17, 15) is 9.59 Å². The smallest absolute Gasteiger partial charge is 0.327 e. The van der Waals surface area contributed by atoms with Crippen molar-refractivity contribution in [3.8, 4) is 0 Å². The normalized spacial score (nSPS) is 18.1. The maximum Gasteiger partial charge on any atom is 0.327 e. The Balaban J connectivity index is 3.00. The fraction of sp³-hybridized carbons (Fsp3) is 0.556. The monoisotopic (exact) mass is 200 g/mol. The summed E-state index contributed by atoms with van der Waals surface area (Å²) in [5.41, 5.74) is -1.33. The van der Waals surface area contributed by atoms with E-state index in [1.54, 1.807) is 0 Å². The number of esters is 2. The van der Waals surface area contributed by atoms with E-state index in [4.69, 9.17) is 4.74 Å². The third-order valence-corrected chi connectivity index (χ3v) is 2.16. The lowest BCUT2D eigenvalue weighted by atomic mass is 9.84. The first-order valence-corrected chi connectivity index (χ1v) is 4.13. The number of hydrogen-bond acceptors (Lipinski definition) is 5. The maximum atomic E-state index is 11.5. The molecule has 0 saturated carbocycles. The average Bonchev–Trinajstić information content (AvgIpc) is 2.27. The Morgan fingerprint density at radius 2 is 1.86 bits per heavy atom. The number of carbonyl (C=O) groups excluding carboxylic acids is 2. The van der Waals surface area contributed by atoms with Gasteiger partial charge in [0.2, 0.25) is 0 Å². The van der Waals surface area contributed by atoms with Crippen molar-refractivity contribution < 1.29 is 23.8 Å². The molecule has 5 heteroatoms. The predicted molar refractivity (Wildman–Crippen MR) is 46.2 cm³/mol. The first kappa shape index (κ1) is 10.6. The molecule has 0 amide bonds. The zero-order valence-electron chi connectivity index (χ0n) is 8.11. The van der Waals surface area contributed by atoms with Gasteiger partial charge in [0.25, 0.3) is 0 Å². The van der Waals surface area contributed by atoms with Crippen LogP contribution < -0.4 is 0 Å². The van der Waals surface area contributed by atoms with Gasteiger partial charge in [-0.05, 0) is 6.08 Å². The van der Waals surface area contributed by atoms with Crippen LogP contribution in [0.4, 0.5) is 0 Å². The lowest BCUT2D eigenvalue weighted by molar-refractivity contribution is -0.167. The highest BCUT2D eigenvalue weighted by Gasteiger charge is 2.47. The van der Waals surface area contributed by atoms with Crippen LogP contribution in [0.3, 0.4) is 0 Å². The van der Waals surface area contributed by atoms with E-state index < -0.39 is 17.4 Å². The van der Waals surface area contributed by atoms with Gasteiger partial charge in [-0.2, -0.15) is 0 Å². The van der Waals surface area contributed by atoms with Gasteiger partial charge in [0, 0.05) is 6.42 Å². The topological polar surface area (TPSA) is 61.8 Å². The van der Waals surface area contributed by atoms with Crippen molar-refractivity contribution in [2.75, 3.05) is 20.8 Å². The van der Waals surface area contributed by atoms with E-state index in [1.807, 2.05) is 0 Å². The van der Waals surface area contributed by atoms with Crippen molar-refractivity contribution in [2.24, 2.45) is 5.41 Å².